The second-order valence-corrected chi connectivity index (χ2v) is 7.85. The van der Waals surface area contributed by atoms with Crippen LogP contribution in [0.25, 0.3) is 11.4 Å². The van der Waals surface area contributed by atoms with Gasteiger partial charge >= 0.3 is 0 Å². The summed E-state index contributed by atoms with van der Waals surface area (Å²) >= 11 is 0. The molecular weight excluding hydrogens is 374 g/mol. The van der Waals surface area contributed by atoms with Crippen LogP contribution in [0.2, 0.25) is 0 Å². The molecule has 5 heteroatoms. The van der Waals surface area contributed by atoms with Crippen LogP contribution < -0.4 is 4.74 Å². The summed E-state index contributed by atoms with van der Waals surface area (Å²) in [4.78, 5) is 19.3. The van der Waals surface area contributed by atoms with Gasteiger partial charge in [0.15, 0.2) is 0 Å². The monoisotopic (exact) mass is 403 g/mol. The number of ether oxygens (including phenoxy) is 1. The molecule has 1 aliphatic heterocycles. The zero-order chi connectivity index (χ0) is 20.8. The van der Waals surface area contributed by atoms with E-state index in [1.54, 1.807) is 0 Å². The minimum absolute atomic E-state index is 0.213. The van der Waals surface area contributed by atoms with Gasteiger partial charge in [-0.1, -0.05) is 42.5 Å². The van der Waals surface area contributed by atoms with E-state index < -0.39 is 0 Å². The minimum Gasteiger partial charge on any atom is -0.494 e. The molecule has 3 aromatic rings. The van der Waals surface area contributed by atoms with Crippen molar-refractivity contribution in [1.29, 1.82) is 0 Å². The number of aromatic nitrogens is 2. The summed E-state index contributed by atoms with van der Waals surface area (Å²) in [6, 6.07) is 18.2. The summed E-state index contributed by atoms with van der Waals surface area (Å²) in [6.45, 7) is 5.23. The third kappa shape index (κ3) is 4.90. The molecule has 4 rings (SSSR count). The highest BCUT2D eigenvalue weighted by molar-refractivity contribution is 5.78. The lowest BCUT2D eigenvalue weighted by Gasteiger charge is -2.32. The Morgan fingerprint density at radius 1 is 1.07 bits per heavy atom. The molecule has 0 aliphatic carbocycles. The fraction of sp³-hybridized carbons (Fsp3) is 0.360. The van der Waals surface area contributed by atoms with Crippen molar-refractivity contribution in [2.45, 2.75) is 32.7 Å². The number of piperidine rings is 1. The molecule has 2 aromatic carbocycles. The van der Waals surface area contributed by atoms with Crippen molar-refractivity contribution in [3.63, 3.8) is 0 Å². The molecule has 0 bridgehead atoms. The first-order chi connectivity index (χ1) is 14.7. The number of likely N-dealkylation sites (tertiary alicyclic amines) is 1. The quantitative estimate of drug-likeness (QED) is 0.586. The van der Waals surface area contributed by atoms with E-state index in [1.165, 1.54) is 0 Å². The highest BCUT2D eigenvalue weighted by atomic mass is 16.5. The summed E-state index contributed by atoms with van der Waals surface area (Å²) < 4.78 is 7.72. The maximum absolute atomic E-state index is 12.7. The second-order valence-electron chi connectivity index (χ2n) is 7.85. The molecule has 30 heavy (non-hydrogen) atoms. The average Bonchev–Trinajstić information content (AvgIpc) is 3.24. The van der Waals surface area contributed by atoms with Crippen molar-refractivity contribution in [1.82, 2.24) is 14.5 Å². The van der Waals surface area contributed by atoms with E-state index in [0.29, 0.717) is 18.9 Å². The topological polar surface area (TPSA) is 47.4 Å². The zero-order valence-corrected chi connectivity index (χ0v) is 17.5. The highest BCUT2D eigenvalue weighted by Crippen LogP contribution is 2.24. The summed E-state index contributed by atoms with van der Waals surface area (Å²) in [7, 11) is 0. The number of amides is 1. The Morgan fingerprint density at radius 3 is 2.50 bits per heavy atom. The molecule has 156 valence electrons. The Labute approximate surface area is 178 Å². The zero-order valence-electron chi connectivity index (χ0n) is 17.5. The number of nitrogens with zero attached hydrogens (tertiary/aromatic N) is 3. The third-order valence-electron chi connectivity index (χ3n) is 5.76. The van der Waals surface area contributed by atoms with Crippen LogP contribution in [0.4, 0.5) is 0 Å². The first-order valence-corrected chi connectivity index (χ1v) is 10.8. The number of hydrogen-bond acceptors (Lipinski definition) is 3. The standard InChI is InChI=1S/C25H29N3O2/c1-2-30-23-10-8-20(9-11-23)18-24(29)27-15-12-21(13-16-27)19-28-17-14-26-25(28)22-6-4-3-5-7-22/h3-11,14,17,21H,2,12-13,15-16,18-19H2,1H3. The molecule has 0 saturated carbocycles. The summed E-state index contributed by atoms with van der Waals surface area (Å²) in [5, 5.41) is 0. The van der Waals surface area contributed by atoms with Gasteiger partial charge in [-0.25, -0.2) is 4.98 Å². The lowest BCUT2D eigenvalue weighted by Crippen LogP contribution is -2.40. The molecule has 1 aromatic heterocycles. The van der Waals surface area contributed by atoms with Gasteiger partial charge in [0.2, 0.25) is 5.91 Å². The number of carbonyl (C=O) groups excluding carboxylic acids is 1. The van der Waals surface area contributed by atoms with Crippen LogP contribution in [0.3, 0.4) is 0 Å². The maximum Gasteiger partial charge on any atom is 0.226 e. The van der Waals surface area contributed by atoms with Gasteiger partial charge in [0.05, 0.1) is 13.0 Å². The molecule has 1 aliphatic rings. The van der Waals surface area contributed by atoms with Gasteiger partial charge in [-0.2, -0.15) is 0 Å². The van der Waals surface area contributed by atoms with Crippen LogP contribution in [0.1, 0.15) is 25.3 Å². The largest absolute Gasteiger partial charge is 0.494 e. The van der Waals surface area contributed by atoms with Crippen molar-refractivity contribution >= 4 is 5.91 Å². The maximum atomic E-state index is 12.7. The van der Waals surface area contributed by atoms with E-state index in [0.717, 1.165) is 55.2 Å². The molecule has 0 spiro atoms. The number of hydrogen-bond donors (Lipinski definition) is 0. The number of carbonyl (C=O) groups is 1. The van der Waals surface area contributed by atoms with Crippen molar-refractivity contribution < 1.29 is 9.53 Å². The molecule has 1 amide bonds. The van der Waals surface area contributed by atoms with Crippen LogP contribution in [-0.2, 0) is 17.8 Å². The van der Waals surface area contributed by atoms with Crippen molar-refractivity contribution in [3.05, 3.63) is 72.6 Å². The first kappa shape index (κ1) is 20.2. The first-order valence-electron chi connectivity index (χ1n) is 10.8. The van der Waals surface area contributed by atoms with Crippen molar-refractivity contribution in [2.75, 3.05) is 19.7 Å². The van der Waals surface area contributed by atoms with Gasteiger partial charge in [-0.3, -0.25) is 4.79 Å². The molecule has 0 unspecified atom stereocenters. The molecule has 5 nitrogen and oxygen atoms in total. The van der Waals surface area contributed by atoms with Crippen LogP contribution >= 0.6 is 0 Å². The van der Waals surface area contributed by atoms with Gasteiger partial charge in [0, 0.05) is 37.6 Å². The number of imidazole rings is 1. The molecule has 2 heterocycles. The van der Waals surface area contributed by atoms with E-state index in [-0.39, 0.29) is 5.91 Å². The van der Waals surface area contributed by atoms with E-state index in [9.17, 15) is 4.79 Å². The highest BCUT2D eigenvalue weighted by Gasteiger charge is 2.23. The summed E-state index contributed by atoms with van der Waals surface area (Å²) in [5.74, 6) is 2.65. The lowest BCUT2D eigenvalue weighted by atomic mass is 9.96. The third-order valence-corrected chi connectivity index (χ3v) is 5.76. The van der Waals surface area contributed by atoms with Gasteiger partial charge in [-0.05, 0) is 43.4 Å². The molecule has 0 atom stereocenters. The Morgan fingerprint density at radius 2 is 1.80 bits per heavy atom. The Balaban J connectivity index is 1.29. The molecule has 0 N–H and O–H groups in total. The van der Waals surface area contributed by atoms with Crippen LogP contribution in [0.5, 0.6) is 5.75 Å². The average molecular weight is 404 g/mol. The molecule has 1 fully saturated rings. The normalized spacial score (nSPS) is 14.6. The summed E-state index contributed by atoms with van der Waals surface area (Å²) in [6.07, 6.45) is 6.45. The van der Waals surface area contributed by atoms with Gasteiger partial charge in [0.25, 0.3) is 0 Å². The van der Waals surface area contributed by atoms with Gasteiger partial charge < -0.3 is 14.2 Å². The predicted octanol–water partition coefficient (Wildman–Crippen LogP) is 4.43. The Kier molecular flexibility index (Phi) is 6.47. The lowest BCUT2D eigenvalue weighted by molar-refractivity contribution is -0.131. The number of rotatable bonds is 7. The van der Waals surface area contributed by atoms with E-state index in [4.69, 9.17) is 4.74 Å². The molecule has 0 radical (unpaired) electrons. The molecular formula is C25H29N3O2. The van der Waals surface area contributed by atoms with Gasteiger partial charge in [0.1, 0.15) is 11.6 Å². The molecule has 1 saturated heterocycles. The van der Waals surface area contributed by atoms with Crippen LogP contribution in [-0.4, -0.2) is 40.1 Å². The fourth-order valence-electron chi connectivity index (χ4n) is 4.10. The van der Waals surface area contributed by atoms with E-state index in [1.807, 2.05) is 60.5 Å². The van der Waals surface area contributed by atoms with Crippen LogP contribution in [0.15, 0.2) is 67.0 Å². The number of benzene rings is 2. The minimum atomic E-state index is 0.213. The van der Waals surface area contributed by atoms with Gasteiger partial charge in [-0.15, -0.1) is 0 Å². The smallest absolute Gasteiger partial charge is 0.226 e. The fourth-order valence-corrected chi connectivity index (χ4v) is 4.10. The van der Waals surface area contributed by atoms with E-state index in [2.05, 4.69) is 27.9 Å². The Hall–Kier alpha value is -3.08. The SMILES string of the molecule is CCOc1ccc(CC(=O)N2CCC(Cn3ccnc3-c3ccccc3)CC2)cc1. The van der Waals surface area contributed by atoms with Crippen molar-refractivity contribution in [2.24, 2.45) is 5.92 Å². The predicted molar refractivity (Wildman–Crippen MR) is 118 cm³/mol. The van der Waals surface area contributed by atoms with Crippen molar-refractivity contribution in [3.8, 4) is 17.1 Å². The van der Waals surface area contributed by atoms with E-state index >= 15 is 0 Å². The summed E-state index contributed by atoms with van der Waals surface area (Å²) in [5.41, 5.74) is 2.18. The van der Waals surface area contributed by atoms with Crippen LogP contribution in [0, 0.1) is 5.92 Å². The second kappa shape index (κ2) is 9.61. The Bertz CT molecular complexity index is 942.